The van der Waals surface area contributed by atoms with Crippen LogP contribution in [-0.4, -0.2) is 82.5 Å². The lowest BCUT2D eigenvalue weighted by atomic mass is 10.1. The zero-order valence-electron chi connectivity index (χ0n) is 29.7. The van der Waals surface area contributed by atoms with E-state index >= 15 is 0 Å². The molecule has 5 rings (SSSR count). The number of hydrogen-bond donors (Lipinski definition) is 1. The van der Waals surface area contributed by atoms with Crippen LogP contribution in [-0.2, 0) is 9.16 Å². The number of likely N-dealkylation sites (tertiary alicyclic amines) is 1. The van der Waals surface area contributed by atoms with Gasteiger partial charge in [0.1, 0.15) is 34.7 Å². The van der Waals surface area contributed by atoms with E-state index in [1.807, 2.05) is 31.2 Å². The minimum absolute atomic E-state index is 0.0187. The molecule has 1 fully saturated rings. The molecule has 1 aliphatic heterocycles. The standard InChI is InChI=1S/C35H47F3N6O4Si/c1-22(21-46-49(8,9)34(5,6)7)47-27-12-10-11-23-13-15-26(40-29(23)27)31-42-41-28-16-14-24(19-44(28)31)30(35(36,37)38)43-18-17-25(20-43)39-32(45)48-33(2,3)4/h10-16,19,22,25,30H,17-18,20-21H2,1-9H3,(H,39,45)/t22-,25+,30-/m1/s1. The number of carbonyl (C=O) groups excluding carboxylic acids is 1. The number of amides is 1. The Bertz CT molecular complexity index is 1800. The molecular formula is C35H47F3N6O4Si. The molecule has 14 heteroatoms. The summed E-state index contributed by atoms with van der Waals surface area (Å²) in [7, 11) is -1.97. The number of aromatic nitrogens is 4. The Morgan fingerprint density at radius 1 is 1.04 bits per heavy atom. The molecule has 1 saturated heterocycles. The van der Waals surface area contributed by atoms with Gasteiger partial charge in [-0.25, -0.2) is 9.78 Å². The second kappa shape index (κ2) is 13.5. The van der Waals surface area contributed by atoms with Crippen molar-refractivity contribution >= 4 is 31.0 Å². The molecule has 4 heterocycles. The second-order valence-electron chi connectivity index (χ2n) is 15.3. The number of fused-ring (bicyclic) bond motifs is 2. The highest BCUT2D eigenvalue weighted by Gasteiger charge is 2.47. The fraction of sp³-hybridized carbons (Fsp3) is 0.543. The molecule has 3 aromatic heterocycles. The number of nitrogens with zero attached hydrogens (tertiary/aromatic N) is 5. The molecule has 0 bridgehead atoms. The number of halogens is 3. The fourth-order valence-corrected chi connectivity index (χ4v) is 6.68. The summed E-state index contributed by atoms with van der Waals surface area (Å²) in [6.07, 6.45) is -3.69. The van der Waals surface area contributed by atoms with Crippen LogP contribution in [0.3, 0.4) is 0 Å². The van der Waals surface area contributed by atoms with Crippen LogP contribution in [0.1, 0.15) is 66.5 Å². The Morgan fingerprint density at radius 3 is 2.45 bits per heavy atom. The number of pyridine rings is 2. The van der Waals surface area contributed by atoms with Gasteiger partial charge in [0.15, 0.2) is 19.8 Å². The Morgan fingerprint density at radius 2 is 1.78 bits per heavy atom. The highest BCUT2D eigenvalue weighted by molar-refractivity contribution is 6.74. The molecule has 0 radical (unpaired) electrons. The van der Waals surface area contributed by atoms with E-state index in [0.717, 1.165) is 5.39 Å². The first kappa shape index (κ1) is 36.5. The van der Waals surface area contributed by atoms with Crippen molar-refractivity contribution in [2.24, 2.45) is 0 Å². The first-order valence-corrected chi connectivity index (χ1v) is 19.5. The zero-order chi connectivity index (χ0) is 35.9. The van der Waals surface area contributed by atoms with Gasteiger partial charge in [0.05, 0.1) is 6.61 Å². The molecule has 1 aromatic carbocycles. The fourth-order valence-electron chi connectivity index (χ4n) is 5.60. The van der Waals surface area contributed by atoms with Crippen molar-refractivity contribution in [2.45, 2.75) is 103 Å². The average molecular weight is 701 g/mol. The van der Waals surface area contributed by atoms with Crippen molar-refractivity contribution in [2.75, 3.05) is 19.7 Å². The molecule has 0 spiro atoms. The molecule has 0 saturated carbocycles. The normalized spacial score (nSPS) is 17.8. The van der Waals surface area contributed by atoms with Crippen LogP contribution < -0.4 is 10.1 Å². The number of nitrogens with one attached hydrogen (secondary N) is 1. The predicted molar refractivity (Wildman–Crippen MR) is 185 cm³/mol. The molecule has 1 N–H and O–H groups in total. The third kappa shape index (κ3) is 8.53. The maximum Gasteiger partial charge on any atom is 0.408 e. The van der Waals surface area contributed by atoms with Gasteiger partial charge in [0, 0.05) is 30.7 Å². The first-order chi connectivity index (χ1) is 22.7. The molecule has 0 aliphatic carbocycles. The summed E-state index contributed by atoms with van der Waals surface area (Å²) in [5.41, 5.74) is 0.730. The van der Waals surface area contributed by atoms with E-state index in [-0.39, 0.29) is 29.8 Å². The van der Waals surface area contributed by atoms with Gasteiger partial charge in [0.25, 0.3) is 0 Å². The summed E-state index contributed by atoms with van der Waals surface area (Å²) in [4.78, 5) is 18.5. The predicted octanol–water partition coefficient (Wildman–Crippen LogP) is 7.94. The maximum absolute atomic E-state index is 14.7. The summed E-state index contributed by atoms with van der Waals surface area (Å²) in [6, 6.07) is 9.88. The van der Waals surface area contributed by atoms with Gasteiger partial charge in [-0.15, -0.1) is 10.2 Å². The third-order valence-corrected chi connectivity index (χ3v) is 13.6. The first-order valence-electron chi connectivity index (χ1n) is 16.6. The quantitative estimate of drug-likeness (QED) is 0.176. The zero-order valence-corrected chi connectivity index (χ0v) is 30.7. The lowest BCUT2D eigenvalue weighted by Gasteiger charge is -2.36. The second-order valence-corrected chi connectivity index (χ2v) is 20.1. The number of carbonyl (C=O) groups is 1. The van der Waals surface area contributed by atoms with Gasteiger partial charge in [-0.2, -0.15) is 13.2 Å². The minimum atomic E-state index is -4.58. The molecule has 3 atom stereocenters. The lowest BCUT2D eigenvalue weighted by molar-refractivity contribution is -0.184. The minimum Gasteiger partial charge on any atom is -0.486 e. The third-order valence-electron chi connectivity index (χ3n) is 9.08. The molecule has 1 amide bonds. The number of alkyl carbamates (subject to hydrolysis) is 1. The van der Waals surface area contributed by atoms with Gasteiger partial charge in [-0.05, 0) is 76.0 Å². The smallest absolute Gasteiger partial charge is 0.408 e. The van der Waals surface area contributed by atoms with Gasteiger partial charge >= 0.3 is 12.3 Å². The highest BCUT2D eigenvalue weighted by atomic mass is 28.4. The lowest BCUT2D eigenvalue weighted by Crippen LogP contribution is -2.43. The monoisotopic (exact) mass is 700 g/mol. The number of alkyl halides is 3. The Hall–Kier alpha value is -3.75. The van der Waals surface area contributed by atoms with Crippen LogP contribution in [0.15, 0.2) is 48.7 Å². The van der Waals surface area contributed by atoms with Crippen LogP contribution in [0.2, 0.25) is 18.1 Å². The van der Waals surface area contributed by atoms with E-state index in [4.69, 9.17) is 18.9 Å². The average Bonchev–Trinajstić information content (AvgIpc) is 3.60. The molecule has 4 aromatic rings. The summed E-state index contributed by atoms with van der Waals surface area (Å²) >= 11 is 0. The van der Waals surface area contributed by atoms with Crippen LogP contribution in [0.25, 0.3) is 28.1 Å². The van der Waals surface area contributed by atoms with Gasteiger partial charge < -0.3 is 19.2 Å². The summed E-state index contributed by atoms with van der Waals surface area (Å²) in [5, 5.41) is 12.2. The summed E-state index contributed by atoms with van der Waals surface area (Å²) in [5.74, 6) is 0.871. The van der Waals surface area contributed by atoms with E-state index in [9.17, 15) is 18.0 Å². The van der Waals surface area contributed by atoms with Crippen LogP contribution in [0, 0.1) is 0 Å². The molecule has 49 heavy (non-hydrogen) atoms. The number of benzene rings is 1. The molecule has 0 unspecified atom stereocenters. The number of para-hydroxylation sites is 1. The SMILES string of the molecule is C[C@H](CO[Si](C)(C)C(C)(C)C)Oc1cccc2ccc(-c3nnc4ccc([C@@H](N5CC[C@H](NC(=O)OC(C)(C)C)C5)C(F)(F)F)cn34)nc12. The van der Waals surface area contributed by atoms with Crippen LogP contribution in [0.4, 0.5) is 18.0 Å². The molecule has 10 nitrogen and oxygen atoms in total. The molecule has 266 valence electrons. The van der Waals surface area contributed by atoms with Crippen molar-refractivity contribution in [3.63, 3.8) is 0 Å². The van der Waals surface area contributed by atoms with E-state index < -0.39 is 38.3 Å². The van der Waals surface area contributed by atoms with Crippen molar-refractivity contribution in [3.05, 3.63) is 54.2 Å². The van der Waals surface area contributed by atoms with Crippen molar-refractivity contribution < 1.29 is 31.9 Å². The van der Waals surface area contributed by atoms with Crippen molar-refractivity contribution in [1.82, 2.24) is 29.8 Å². The Kier molecular flexibility index (Phi) is 10.1. The topological polar surface area (TPSA) is 103 Å². The number of ether oxygens (including phenoxy) is 2. The Labute approximate surface area is 286 Å². The number of rotatable bonds is 9. The summed E-state index contributed by atoms with van der Waals surface area (Å²) in [6.45, 7) is 18.7. The van der Waals surface area contributed by atoms with Crippen LogP contribution >= 0.6 is 0 Å². The largest absolute Gasteiger partial charge is 0.486 e. The van der Waals surface area contributed by atoms with Crippen LogP contribution in [0.5, 0.6) is 5.75 Å². The summed E-state index contributed by atoms with van der Waals surface area (Å²) < 4.78 is 63.6. The van der Waals surface area contributed by atoms with E-state index in [2.05, 4.69) is 49.4 Å². The van der Waals surface area contributed by atoms with E-state index in [1.54, 1.807) is 26.8 Å². The maximum atomic E-state index is 14.7. The highest BCUT2D eigenvalue weighted by Crippen LogP contribution is 2.40. The van der Waals surface area contributed by atoms with Gasteiger partial charge in [-0.1, -0.05) is 45.0 Å². The Balaban J connectivity index is 1.40. The van der Waals surface area contributed by atoms with E-state index in [0.29, 0.717) is 41.5 Å². The van der Waals surface area contributed by atoms with Gasteiger partial charge in [0.2, 0.25) is 0 Å². The van der Waals surface area contributed by atoms with E-state index in [1.165, 1.54) is 27.6 Å². The van der Waals surface area contributed by atoms with Crippen molar-refractivity contribution in [3.8, 4) is 17.3 Å². The number of hydrogen-bond acceptors (Lipinski definition) is 8. The molecular weight excluding hydrogens is 654 g/mol. The van der Waals surface area contributed by atoms with Gasteiger partial charge in [-0.3, -0.25) is 9.30 Å². The van der Waals surface area contributed by atoms with Crippen molar-refractivity contribution in [1.29, 1.82) is 0 Å². The molecule has 1 aliphatic rings.